The number of esters is 1. The van der Waals surface area contributed by atoms with E-state index in [1.807, 2.05) is 0 Å². The number of amides is 1. The van der Waals surface area contributed by atoms with Gasteiger partial charge in [0, 0.05) is 31.3 Å². The molecule has 1 aromatic carbocycles. The fourth-order valence-corrected chi connectivity index (χ4v) is 3.94. The summed E-state index contributed by atoms with van der Waals surface area (Å²) in [6, 6.07) is 8.33. The lowest BCUT2D eigenvalue weighted by atomic mass is 9.85. The summed E-state index contributed by atoms with van der Waals surface area (Å²) >= 11 is 0. The molecule has 0 bridgehead atoms. The molecule has 2 aromatic rings. The normalized spacial score (nSPS) is 18.3. The van der Waals surface area contributed by atoms with E-state index in [0.29, 0.717) is 42.5 Å². The first-order valence-corrected chi connectivity index (χ1v) is 10.1. The predicted octanol–water partition coefficient (Wildman–Crippen LogP) is 1.54. The van der Waals surface area contributed by atoms with Gasteiger partial charge in [-0.3, -0.25) is 19.8 Å². The number of carbonyl (C=O) groups excluding carboxylic acids is 2. The molecule has 3 N–H and O–H groups in total. The number of nitrogens with one attached hydrogen (secondary N) is 1. The highest BCUT2D eigenvalue weighted by Crippen LogP contribution is 2.28. The van der Waals surface area contributed by atoms with Crippen molar-refractivity contribution < 1.29 is 14.3 Å². The van der Waals surface area contributed by atoms with Crippen LogP contribution in [-0.2, 0) is 16.6 Å². The van der Waals surface area contributed by atoms with Gasteiger partial charge in [-0.15, -0.1) is 0 Å². The first-order chi connectivity index (χ1) is 14.7. The van der Waals surface area contributed by atoms with Gasteiger partial charge in [0.2, 0.25) is 0 Å². The van der Waals surface area contributed by atoms with Gasteiger partial charge < -0.3 is 15.4 Å². The number of carbonyl (C=O) groups is 2. The molecular weight excluding hydrogens is 398 g/mol. The van der Waals surface area contributed by atoms with E-state index >= 15 is 0 Å². The first-order valence-electron chi connectivity index (χ1n) is 10.1. The molecule has 0 saturated heterocycles. The number of nitrogen functional groups attached to an aromatic ring is 1. The Morgan fingerprint density at radius 2 is 1.81 bits per heavy atom. The second kappa shape index (κ2) is 9.11. The lowest BCUT2D eigenvalue weighted by Gasteiger charge is -2.33. The van der Waals surface area contributed by atoms with E-state index in [0.717, 1.165) is 4.68 Å². The molecule has 1 aromatic heterocycles. The molecule has 9 heteroatoms. The third-order valence-corrected chi connectivity index (χ3v) is 5.88. The number of rotatable bonds is 5. The van der Waals surface area contributed by atoms with Crippen molar-refractivity contribution in [2.45, 2.75) is 31.7 Å². The number of hydrogen-bond acceptors (Lipinski definition) is 6. The van der Waals surface area contributed by atoms with E-state index in [-0.39, 0.29) is 35.2 Å². The Balaban J connectivity index is 1.83. The average molecular weight is 425 g/mol. The predicted molar refractivity (Wildman–Crippen MR) is 116 cm³/mol. The van der Waals surface area contributed by atoms with Crippen molar-refractivity contribution >= 4 is 17.7 Å². The summed E-state index contributed by atoms with van der Waals surface area (Å²) in [4.78, 5) is 39.1. The van der Waals surface area contributed by atoms with Crippen LogP contribution < -0.4 is 11.3 Å². The van der Waals surface area contributed by atoms with Crippen LogP contribution in [0.5, 0.6) is 0 Å². The second-order valence-electron chi connectivity index (χ2n) is 7.81. The molecule has 1 heterocycles. The molecule has 3 rings (SSSR count). The number of benzene rings is 1. The number of aromatic nitrogens is 2. The zero-order valence-corrected chi connectivity index (χ0v) is 17.9. The summed E-state index contributed by atoms with van der Waals surface area (Å²) in [5.74, 6) is -0.760. The number of ether oxygens (including phenoxy) is 1. The van der Waals surface area contributed by atoms with Crippen LogP contribution in [0.4, 0.5) is 0 Å². The minimum Gasteiger partial charge on any atom is -0.469 e. The largest absolute Gasteiger partial charge is 0.469 e. The Kier molecular flexibility index (Phi) is 6.53. The van der Waals surface area contributed by atoms with Crippen LogP contribution in [0, 0.1) is 11.3 Å². The van der Waals surface area contributed by atoms with Crippen molar-refractivity contribution in [3.8, 4) is 11.3 Å². The van der Waals surface area contributed by atoms with Gasteiger partial charge in [0.15, 0.2) is 0 Å². The van der Waals surface area contributed by atoms with Crippen LogP contribution in [0.2, 0.25) is 0 Å². The molecule has 0 unspecified atom stereocenters. The maximum Gasteiger partial charge on any atom is 0.308 e. The van der Waals surface area contributed by atoms with Crippen molar-refractivity contribution in [1.82, 2.24) is 14.7 Å². The monoisotopic (exact) mass is 425 g/mol. The Hall–Kier alpha value is -3.49. The summed E-state index contributed by atoms with van der Waals surface area (Å²) in [5.41, 5.74) is 6.82. The smallest absolute Gasteiger partial charge is 0.308 e. The fourth-order valence-electron chi connectivity index (χ4n) is 3.94. The Bertz CT molecular complexity index is 1050. The first kappa shape index (κ1) is 22.2. The number of hydrogen-bond donors (Lipinski definition) is 2. The Morgan fingerprint density at radius 3 is 2.35 bits per heavy atom. The van der Waals surface area contributed by atoms with Crippen molar-refractivity contribution in [2.75, 3.05) is 14.2 Å². The minimum absolute atomic E-state index is 0.0422. The number of nitrogens with zero attached hydrogens (tertiary/aromatic N) is 3. The molecule has 1 fully saturated rings. The highest BCUT2D eigenvalue weighted by molar-refractivity contribution is 5.96. The van der Waals surface area contributed by atoms with Crippen molar-refractivity contribution in [1.29, 1.82) is 5.41 Å². The lowest BCUT2D eigenvalue weighted by Crippen LogP contribution is -2.43. The molecule has 31 heavy (non-hydrogen) atoms. The molecule has 9 nitrogen and oxygen atoms in total. The molecular formula is C22H27N5O4. The van der Waals surface area contributed by atoms with Crippen LogP contribution >= 0.6 is 0 Å². The summed E-state index contributed by atoms with van der Waals surface area (Å²) < 4.78 is 5.97. The summed E-state index contributed by atoms with van der Waals surface area (Å²) in [6.07, 6.45) is 2.65. The Labute approximate surface area is 180 Å². The van der Waals surface area contributed by atoms with Gasteiger partial charge >= 0.3 is 5.97 Å². The topological polar surface area (TPSA) is 131 Å². The third-order valence-electron chi connectivity index (χ3n) is 5.88. The summed E-state index contributed by atoms with van der Waals surface area (Å²) in [6.45, 7) is 0. The lowest BCUT2D eigenvalue weighted by molar-refractivity contribution is -0.146. The van der Waals surface area contributed by atoms with Crippen LogP contribution in [0.15, 0.2) is 35.1 Å². The zero-order chi connectivity index (χ0) is 22.7. The van der Waals surface area contributed by atoms with Gasteiger partial charge in [0.25, 0.3) is 11.5 Å². The molecule has 0 atom stereocenters. The molecule has 0 aliphatic heterocycles. The van der Waals surface area contributed by atoms with Crippen molar-refractivity contribution in [3.05, 3.63) is 51.8 Å². The molecule has 0 radical (unpaired) electrons. The zero-order valence-electron chi connectivity index (χ0n) is 17.9. The van der Waals surface area contributed by atoms with E-state index in [1.165, 1.54) is 20.2 Å². The molecule has 1 aliphatic rings. The van der Waals surface area contributed by atoms with Crippen LogP contribution in [0.1, 0.15) is 41.6 Å². The summed E-state index contributed by atoms with van der Waals surface area (Å²) in [7, 11) is 4.58. The molecule has 0 spiro atoms. The highest BCUT2D eigenvalue weighted by atomic mass is 16.5. The van der Waals surface area contributed by atoms with E-state index in [2.05, 4.69) is 5.10 Å². The maximum atomic E-state index is 13.2. The van der Waals surface area contributed by atoms with Crippen LogP contribution in [0.25, 0.3) is 11.3 Å². The fraction of sp³-hybridized carbons (Fsp3) is 0.409. The third kappa shape index (κ3) is 4.65. The van der Waals surface area contributed by atoms with Crippen molar-refractivity contribution in [3.63, 3.8) is 0 Å². The quantitative estimate of drug-likeness (QED) is 0.424. The van der Waals surface area contributed by atoms with E-state index in [9.17, 15) is 14.4 Å². The number of methoxy groups -OCH3 is 1. The molecule has 1 aliphatic carbocycles. The van der Waals surface area contributed by atoms with Gasteiger partial charge in [-0.25, -0.2) is 4.68 Å². The van der Waals surface area contributed by atoms with Gasteiger partial charge in [0.1, 0.15) is 11.4 Å². The minimum atomic E-state index is -0.468. The molecule has 1 saturated carbocycles. The van der Waals surface area contributed by atoms with E-state index < -0.39 is 5.56 Å². The SMILES string of the molecule is COC(=O)C1CCC(N(C)C(=O)c2cc(-c3ccc(C(=N)N)cc3)nn(C)c2=O)CC1. The summed E-state index contributed by atoms with van der Waals surface area (Å²) in [5, 5.41) is 11.8. The van der Waals surface area contributed by atoms with E-state index in [1.54, 1.807) is 36.2 Å². The highest BCUT2D eigenvalue weighted by Gasteiger charge is 2.31. The number of aryl methyl sites for hydroxylation is 1. The number of amidine groups is 1. The van der Waals surface area contributed by atoms with E-state index in [4.69, 9.17) is 15.9 Å². The Morgan fingerprint density at radius 1 is 1.19 bits per heavy atom. The van der Waals surface area contributed by atoms with Crippen molar-refractivity contribution in [2.24, 2.45) is 18.7 Å². The number of nitrogens with two attached hydrogens (primary N) is 1. The van der Waals surface area contributed by atoms with Gasteiger partial charge in [-0.1, -0.05) is 24.3 Å². The molecule has 1 amide bonds. The maximum absolute atomic E-state index is 13.2. The average Bonchev–Trinajstić information content (AvgIpc) is 2.79. The van der Waals surface area contributed by atoms with Gasteiger partial charge in [0.05, 0.1) is 18.7 Å². The van der Waals surface area contributed by atoms with Gasteiger partial charge in [-0.2, -0.15) is 5.10 Å². The van der Waals surface area contributed by atoms with Crippen LogP contribution in [-0.4, -0.2) is 52.6 Å². The standard InChI is InChI=1S/C22H27N5O4/c1-26(16-10-8-15(9-11-16)22(30)31-3)20(28)17-12-18(25-27(2)21(17)29)13-4-6-14(7-5-13)19(23)24/h4-7,12,15-16H,8-11H2,1-3H3,(H3,23,24). The van der Waals surface area contributed by atoms with Gasteiger partial charge in [-0.05, 0) is 31.7 Å². The molecule has 164 valence electrons. The van der Waals surface area contributed by atoms with Crippen LogP contribution in [0.3, 0.4) is 0 Å². The second-order valence-corrected chi connectivity index (χ2v) is 7.81.